The number of thiazole rings is 1. The van der Waals surface area contributed by atoms with E-state index in [1.807, 2.05) is 11.8 Å². The van der Waals surface area contributed by atoms with E-state index in [2.05, 4.69) is 29.0 Å². The smallest absolute Gasteiger partial charge is 0.219 e. The van der Waals surface area contributed by atoms with E-state index in [1.165, 1.54) is 4.88 Å². The molecule has 128 valence electrons. The zero-order valence-electron chi connectivity index (χ0n) is 14.6. The van der Waals surface area contributed by atoms with Crippen molar-refractivity contribution in [3.05, 3.63) is 15.6 Å². The predicted molar refractivity (Wildman–Crippen MR) is 95.1 cm³/mol. The number of hydrogen-bond acceptors (Lipinski definition) is 4. The van der Waals surface area contributed by atoms with Crippen LogP contribution in [0.5, 0.6) is 0 Å². The van der Waals surface area contributed by atoms with Gasteiger partial charge in [0, 0.05) is 57.5 Å². The molecule has 23 heavy (non-hydrogen) atoms. The van der Waals surface area contributed by atoms with Gasteiger partial charge in [0.1, 0.15) is 0 Å². The van der Waals surface area contributed by atoms with Crippen molar-refractivity contribution in [3.8, 4) is 0 Å². The van der Waals surface area contributed by atoms with Crippen LogP contribution >= 0.6 is 11.3 Å². The van der Waals surface area contributed by atoms with Crippen LogP contribution in [0.1, 0.15) is 29.4 Å². The lowest BCUT2D eigenvalue weighted by Crippen LogP contribution is -2.53. The first-order valence-corrected chi connectivity index (χ1v) is 9.04. The molecule has 0 radical (unpaired) electrons. The second-order valence-electron chi connectivity index (χ2n) is 5.72. The Morgan fingerprint density at radius 3 is 2.43 bits per heavy atom. The zero-order valence-corrected chi connectivity index (χ0v) is 15.4. The molecule has 0 saturated carbocycles. The minimum absolute atomic E-state index is 0.155. The first-order chi connectivity index (χ1) is 11.0. The van der Waals surface area contributed by atoms with Crippen LogP contribution in [0.15, 0.2) is 4.99 Å². The average Bonchev–Trinajstić information content (AvgIpc) is 2.84. The third kappa shape index (κ3) is 4.92. The van der Waals surface area contributed by atoms with E-state index in [9.17, 15) is 4.79 Å². The topological polar surface area (TPSA) is 60.8 Å². The molecule has 0 unspecified atom stereocenters. The van der Waals surface area contributed by atoms with Crippen molar-refractivity contribution in [1.29, 1.82) is 0 Å². The van der Waals surface area contributed by atoms with Crippen LogP contribution in [0, 0.1) is 13.8 Å². The molecule has 1 aromatic rings. The van der Waals surface area contributed by atoms with Gasteiger partial charge < -0.3 is 15.1 Å². The Morgan fingerprint density at radius 2 is 1.91 bits per heavy atom. The highest BCUT2D eigenvalue weighted by Crippen LogP contribution is 2.17. The number of carbonyl (C=O) groups excluding carboxylic acids is 1. The lowest BCUT2D eigenvalue weighted by molar-refractivity contribution is -0.130. The molecular weight excluding hydrogens is 310 g/mol. The molecule has 0 atom stereocenters. The van der Waals surface area contributed by atoms with Gasteiger partial charge in [0.25, 0.3) is 0 Å². The van der Waals surface area contributed by atoms with Gasteiger partial charge in [-0.2, -0.15) is 0 Å². The molecule has 1 saturated heterocycles. The van der Waals surface area contributed by atoms with Gasteiger partial charge in [-0.3, -0.25) is 9.79 Å². The van der Waals surface area contributed by atoms with E-state index in [-0.39, 0.29) is 5.91 Å². The van der Waals surface area contributed by atoms with Gasteiger partial charge in [-0.05, 0) is 20.8 Å². The number of aromatic nitrogens is 1. The highest BCUT2D eigenvalue weighted by atomic mass is 32.1. The van der Waals surface area contributed by atoms with Gasteiger partial charge in [0.05, 0.1) is 10.7 Å². The van der Waals surface area contributed by atoms with Gasteiger partial charge in [-0.25, -0.2) is 4.98 Å². The van der Waals surface area contributed by atoms with Gasteiger partial charge in [-0.1, -0.05) is 0 Å². The van der Waals surface area contributed by atoms with Gasteiger partial charge in [0.15, 0.2) is 5.96 Å². The molecular formula is C16H27N5OS. The molecule has 1 amide bonds. The Labute approximate surface area is 142 Å². The third-order valence-corrected chi connectivity index (χ3v) is 5.09. The largest absolute Gasteiger partial charge is 0.357 e. The molecule has 0 aromatic carbocycles. The molecule has 1 aliphatic rings. The number of carbonyl (C=O) groups is 1. The zero-order chi connectivity index (χ0) is 16.8. The molecule has 6 nitrogen and oxygen atoms in total. The second kappa shape index (κ2) is 8.29. The van der Waals surface area contributed by atoms with Crippen molar-refractivity contribution < 1.29 is 4.79 Å². The highest BCUT2D eigenvalue weighted by Gasteiger charge is 2.20. The van der Waals surface area contributed by atoms with Crippen LogP contribution in [0.4, 0.5) is 0 Å². The average molecular weight is 337 g/mol. The molecule has 1 N–H and O–H groups in total. The molecule has 0 bridgehead atoms. The number of piperazine rings is 1. The molecule has 0 spiro atoms. The van der Waals surface area contributed by atoms with E-state index >= 15 is 0 Å². The Hall–Kier alpha value is -1.63. The van der Waals surface area contributed by atoms with Gasteiger partial charge in [0.2, 0.25) is 5.91 Å². The maximum atomic E-state index is 11.4. The normalized spacial score (nSPS) is 15.9. The van der Waals surface area contributed by atoms with Crippen LogP contribution < -0.4 is 5.32 Å². The van der Waals surface area contributed by atoms with Crippen molar-refractivity contribution in [2.45, 2.75) is 34.1 Å². The summed E-state index contributed by atoms with van der Waals surface area (Å²) in [5.74, 6) is 1.11. The summed E-state index contributed by atoms with van der Waals surface area (Å²) >= 11 is 1.76. The monoisotopic (exact) mass is 337 g/mol. The number of amides is 1. The Balaban J connectivity index is 1.92. The SMILES string of the molecule is CCNC(=NCCc1sc(C)nc1C)N1CCN(C(C)=O)CC1. The molecule has 7 heteroatoms. The van der Waals surface area contributed by atoms with E-state index in [1.54, 1.807) is 18.3 Å². The fraction of sp³-hybridized carbons (Fsp3) is 0.688. The van der Waals surface area contributed by atoms with Crippen LogP contribution in [0.25, 0.3) is 0 Å². The summed E-state index contributed by atoms with van der Waals surface area (Å²) in [6, 6.07) is 0. The predicted octanol–water partition coefficient (Wildman–Crippen LogP) is 1.43. The summed E-state index contributed by atoms with van der Waals surface area (Å²) in [4.78, 5) is 26.1. The Morgan fingerprint density at radius 1 is 1.26 bits per heavy atom. The fourth-order valence-electron chi connectivity index (χ4n) is 2.73. The quantitative estimate of drug-likeness (QED) is 0.667. The lowest BCUT2D eigenvalue weighted by Gasteiger charge is -2.36. The first kappa shape index (κ1) is 17.7. The van der Waals surface area contributed by atoms with Crippen molar-refractivity contribution in [2.24, 2.45) is 4.99 Å². The van der Waals surface area contributed by atoms with Crippen molar-refractivity contribution >= 4 is 23.2 Å². The van der Waals surface area contributed by atoms with Crippen molar-refractivity contribution in [2.75, 3.05) is 39.3 Å². The standard InChI is InChI=1S/C16H27N5OS/c1-5-17-16(21-10-8-20(9-11-21)14(4)22)18-7-6-15-12(2)19-13(3)23-15/h5-11H2,1-4H3,(H,17,18). The number of guanidine groups is 1. The summed E-state index contributed by atoms with van der Waals surface area (Å²) < 4.78 is 0. The Bertz CT molecular complexity index is 561. The number of hydrogen-bond donors (Lipinski definition) is 1. The Kier molecular flexibility index (Phi) is 6.38. The van der Waals surface area contributed by atoms with Crippen LogP contribution in [0.2, 0.25) is 0 Å². The van der Waals surface area contributed by atoms with E-state index < -0.39 is 0 Å². The van der Waals surface area contributed by atoms with Crippen LogP contribution in [-0.4, -0.2) is 65.9 Å². The number of nitrogens with one attached hydrogen (secondary N) is 1. The van der Waals surface area contributed by atoms with E-state index in [0.717, 1.165) is 62.4 Å². The summed E-state index contributed by atoms with van der Waals surface area (Å²) in [5.41, 5.74) is 1.13. The van der Waals surface area contributed by atoms with Crippen LogP contribution in [0.3, 0.4) is 0 Å². The maximum absolute atomic E-state index is 11.4. The molecule has 1 aromatic heterocycles. The summed E-state index contributed by atoms with van der Waals surface area (Å²) in [6.45, 7) is 12.7. The molecule has 1 aliphatic heterocycles. The second-order valence-corrected chi connectivity index (χ2v) is 7.01. The fourth-order valence-corrected chi connectivity index (χ4v) is 3.65. The number of nitrogens with zero attached hydrogens (tertiary/aromatic N) is 4. The van der Waals surface area contributed by atoms with Crippen molar-refractivity contribution in [1.82, 2.24) is 20.1 Å². The van der Waals surface area contributed by atoms with Gasteiger partial charge >= 0.3 is 0 Å². The third-order valence-electron chi connectivity index (χ3n) is 3.96. The highest BCUT2D eigenvalue weighted by molar-refractivity contribution is 7.11. The minimum Gasteiger partial charge on any atom is -0.357 e. The first-order valence-electron chi connectivity index (χ1n) is 8.23. The summed E-state index contributed by atoms with van der Waals surface area (Å²) in [5, 5.41) is 4.48. The summed E-state index contributed by atoms with van der Waals surface area (Å²) in [7, 11) is 0. The molecule has 2 rings (SSSR count). The molecule has 2 heterocycles. The molecule has 1 fully saturated rings. The van der Waals surface area contributed by atoms with Crippen molar-refractivity contribution in [3.63, 3.8) is 0 Å². The maximum Gasteiger partial charge on any atom is 0.219 e. The number of aliphatic imine (C=N–C) groups is 1. The number of rotatable bonds is 4. The molecule has 0 aliphatic carbocycles. The van der Waals surface area contributed by atoms with E-state index in [0.29, 0.717) is 0 Å². The minimum atomic E-state index is 0.155. The summed E-state index contributed by atoms with van der Waals surface area (Å²) in [6.07, 6.45) is 0.930. The lowest BCUT2D eigenvalue weighted by atomic mass is 10.3. The van der Waals surface area contributed by atoms with Crippen LogP contribution in [-0.2, 0) is 11.2 Å². The van der Waals surface area contributed by atoms with E-state index in [4.69, 9.17) is 4.99 Å². The van der Waals surface area contributed by atoms with Gasteiger partial charge in [-0.15, -0.1) is 11.3 Å². The number of aryl methyl sites for hydroxylation is 2.